The van der Waals surface area contributed by atoms with Gasteiger partial charge >= 0.3 is 12.4 Å². The van der Waals surface area contributed by atoms with Gasteiger partial charge in [-0.3, -0.25) is 0 Å². The molecule has 9 aromatic carbocycles. The predicted molar refractivity (Wildman–Crippen MR) is 229 cm³/mol. The van der Waals surface area contributed by atoms with Crippen LogP contribution < -0.4 is 4.67 Å². The molecular formula is C52H31N2+. The van der Waals surface area contributed by atoms with Crippen LogP contribution in [0.25, 0.3) is 105 Å². The van der Waals surface area contributed by atoms with Crippen molar-refractivity contribution in [1.29, 1.82) is 0 Å². The van der Waals surface area contributed by atoms with Crippen LogP contribution >= 0.6 is 0 Å². The summed E-state index contributed by atoms with van der Waals surface area (Å²) in [5.41, 5.74) is 18.7. The van der Waals surface area contributed by atoms with Gasteiger partial charge < -0.3 is 4.57 Å². The maximum Gasteiger partial charge on any atom is 0.302 e. The van der Waals surface area contributed by atoms with Crippen LogP contribution in [-0.2, 0) is 0 Å². The predicted octanol–water partition coefficient (Wildman–Crippen LogP) is 12.7. The number of para-hydroxylation sites is 1. The van der Waals surface area contributed by atoms with Crippen molar-refractivity contribution in [2.45, 2.75) is 0 Å². The van der Waals surface area contributed by atoms with E-state index in [9.17, 15) is 0 Å². The minimum atomic E-state index is 1.14. The van der Waals surface area contributed by atoms with Crippen LogP contribution in [0.4, 0.5) is 0 Å². The maximum absolute atomic E-state index is 4.52. The quantitative estimate of drug-likeness (QED) is 0.165. The van der Waals surface area contributed by atoms with E-state index >= 15 is 0 Å². The number of nitrogens with zero attached hydrogens (tertiary/aromatic N) is 2. The Kier molecular flexibility index (Phi) is 6.04. The molecule has 2 heterocycles. The van der Waals surface area contributed by atoms with Gasteiger partial charge in [-0.25, -0.2) is 0 Å². The minimum absolute atomic E-state index is 1.14. The molecule has 248 valence electrons. The fourth-order valence-corrected chi connectivity index (χ4v) is 9.46. The Morgan fingerprint density at radius 1 is 0.352 bits per heavy atom. The van der Waals surface area contributed by atoms with Gasteiger partial charge in [0.2, 0.25) is 0 Å². The van der Waals surface area contributed by atoms with E-state index in [1.165, 1.54) is 105 Å². The summed E-state index contributed by atoms with van der Waals surface area (Å²) in [7, 11) is 0. The number of rotatable bonds is 4. The summed E-state index contributed by atoms with van der Waals surface area (Å²) in [4.78, 5) is 0. The summed E-state index contributed by atoms with van der Waals surface area (Å²) in [5.74, 6) is 0. The van der Waals surface area contributed by atoms with Gasteiger partial charge in [0.1, 0.15) is 0 Å². The summed E-state index contributed by atoms with van der Waals surface area (Å²) in [6.45, 7) is 0. The molecule has 2 aliphatic rings. The van der Waals surface area contributed by atoms with Crippen LogP contribution in [0.2, 0.25) is 0 Å². The largest absolute Gasteiger partial charge is 0.308 e. The van der Waals surface area contributed by atoms with Crippen molar-refractivity contribution in [3.8, 4) is 61.3 Å². The third kappa shape index (κ3) is 3.98. The Bertz CT molecular complexity index is 3180. The standard InChI is InChI=1S/C52H31N2/c1-3-12-33(13-4-1)47-40-17-7-8-18-41(40)48(34-14-5-2-6-15-34)51-44-29-28-37(39-19-11-20-43(49(39)44)50(47)51)32-22-25-36(26-23-32)54-46-21-10-9-16-38(46)42-27-24-35-30-53-31-45(35)52(42)54/h1-31H/q+1. The molecule has 2 nitrogen and oxygen atoms in total. The van der Waals surface area contributed by atoms with Crippen molar-refractivity contribution in [2.24, 2.45) is 0 Å². The summed E-state index contributed by atoms with van der Waals surface area (Å²) in [6.07, 6.45) is 3.96. The molecule has 0 atom stereocenters. The van der Waals surface area contributed by atoms with E-state index in [1.54, 1.807) is 0 Å². The highest BCUT2D eigenvalue weighted by Gasteiger charge is 2.31. The van der Waals surface area contributed by atoms with Gasteiger partial charge in [0.05, 0.1) is 22.2 Å². The van der Waals surface area contributed by atoms with Crippen molar-refractivity contribution < 1.29 is 0 Å². The first-order chi connectivity index (χ1) is 26.8. The lowest BCUT2D eigenvalue weighted by Gasteiger charge is -2.20. The molecule has 12 rings (SSSR count). The van der Waals surface area contributed by atoms with Crippen molar-refractivity contribution in [1.82, 2.24) is 9.24 Å². The molecule has 54 heavy (non-hydrogen) atoms. The molecule has 0 spiro atoms. The first-order valence-corrected chi connectivity index (χ1v) is 18.6. The first-order valence-electron chi connectivity index (χ1n) is 18.6. The number of aromatic nitrogens is 1. The van der Waals surface area contributed by atoms with E-state index in [-0.39, 0.29) is 0 Å². The van der Waals surface area contributed by atoms with Gasteiger partial charge in [-0.2, -0.15) is 0 Å². The molecular weight excluding hydrogens is 653 g/mol. The molecule has 0 fully saturated rings. The first kappa shape index (κ1) is 29.3. The molecule has 1 aliphatic heterocycles. The zero-order valence-corrected chi connectivity index (χ0v) is 29.3. The summed E-state index contributed by atoms with van der Waals surface area (Å²) in [6, 6.07) is 64.8. The molecule has 10 aromatic rings. The lowest BCUT2D eigenvalue weighted by Crippen LogP contribution is -1.98. The van der Waals surface area contributed by atoms with Crippen LogP contribution in [0.5, 0.6) is 0 Å². The van der Waals surface area contributed by atoms with Crippen LogP contribution in [-0.4, -0.2) is 17.0 Å². The SMILES string of the molecule is C1=[N+]=Cc2c1ccc1c3ccccc3n(-c3ccc(-c4ccc5c6c(cccc46)-c4c-5c(-c5ccccc5)c5ccccc5c4-c4ccccc4)cc3)c21. The van der Waals surface area contributed by atoms with E-state index < -0.39 is 0 Å². The van der Waals surface area contributed by atoms with Crippen molar-refractivity contribution in [2.75, 3.05) is 0 Å². The van der Waals surface area contributed by atoms with Gasteiger partial charge in [0.15, 0.2) is 0 Å². The Morgan fingerprint density at radius 3 is 1.65 bits per heavy atom. The van der Waals surface area contributed by atoms with E-state index in [4.69, 9.17) is 0 Å². The van der Waals surface area contributed by atoms with Crippen molar-refractivity contribution in [3.63, 3.8) is 0 Å². The Labute approximate surface area is 312 Å². The summed E-state index contributed by atoms with van der Waals surface area (Å²) >= 11 is 0. The van der Waals surface area contributed by atoms with Crippen LogP contribution in [0.3, 0.4) is 0 Å². The molecule has 2 heteroatoms. The van der Waals surface area contributed by atoms with E-state index in [2.05, 4.69) is 185 Å². The normalized spacial score (nSPS) is 12.4. The second-order valence-electron chi connectivity index (χ2n) is 14.4. The van der Waals surface area contributed by atoms with Crippen molar-refractivity contribution >= 4 is 55.8 Å². The number of hydrogen-bond donors (Lipinski definition) is 0. The second kappa shape index (κ2) is 11.1. The molecule has 0 unspecified atom stereocenters. The topological polar surface area (TPSA) is 19.0 Å². The van der Waals surface area contributed by atoms with Gasteiger partial charge in [-0.05, 0) is 101 Å². The van der Waals surface area contributed by atoms with Crippen LogP contribution in [0.15, 0.2) is 176 Å². The van der Waals surface area contributed by atoms with E-state index in [0.717, 1.165) is 11.3 Å². The lowest BCUT2D eigenvalue weighted by molar-refractivity contribution is 1.18. The zero-order chi connectivity index (χ0) is 35.3. The number of fused-ring (bicyclic) bond motifs is 9. The molecule has 0 radical (unpaired) electrons. The monoisotopic (exact) mass is 683 g/mol. The zero-order valence-electron chi connectivity index (χ0n) is 29.3. The van der Waals surface area contributed by atoms with Crippen LogP contribution in [0, 0.1) is 0 Å². The average molecular weight is 684 g/mol. The summed E-state index contributed by atoms with van der Waals surface area (Å²) < 4.78 is 6.93. The lowest BCUT2D eigenvalue weighted by atomic mass is 9.82. The maximum atomic E-state index is 4.52. The van der Waals surface area contributed by atoms with Crippen molar-refractivity contribution in [3.05, 3.63) is 187 Å². The Balaban J connectivity index is 1.09. The minimum Gasteiger partial charge on any atom is -0.308 e. The third-order valence-electron chi connectivity index (χ3n) is 11.7. The van der Waals surface area contributed by atoms with Gasteiger partial charge in [-0.15, -0.1) is 0 Å². The van der Waals surface area contributed by atoms with Gasteiger partial charge in [-0.1, -0.05) is 156 Å². The fraction of sp³-hybridized carbons (Fsp3) is 0. The van der Waals surface area contributed by atoms with E-state index in [1.807, 2.05) is 12.4 Å². The highest BCUT2D eigenvalue weighted by atomic mass is 15.0. The highest BCUT2D eigenvalue weighted by molar-refractivity contribution is 6.29. The molecule has 0 amide bonds. The fourth-order valence-electron chi connectivity index (χ4n) is 9.46. The Hall–Kier alpha value is -7.25. The smallest absolute Gasteiger partial charge is 0.302 e. The van der Waals surface area contributed by atoms with E-state index in [0.29, 0.717) is 0 Å². The highest BCUT2D eigenvalue weighted by Crippen LogP contribution is 2.58. The molecule has 0 N–H and O–H groups in total. The van der Waals surface area contributed by atoms with Crippen LogP contribution in [0.1, 0.15) is 11.1 Å². The second-order valence-corrected chi connectivity index (χ2v) is 14.4. The van der Waals surface area contributed by atoms with Gasteiger partial charge in [0, 0.05) is 16.5 Å². The molecule has 0 saturated carbocycles. The molecule has 0 saturated heterocycles. The molecule has 1 aliphatic carbocycles. The molecule has 1 aromatic heterocycles. The summed E-state index contributed by atoms with van der Waals surface area (Å²) in [5, 5.41) is 7.66. The number of benzene rings is 9. The average Bonchev–Trinajstić information content (AvgIpc) is 3.95. The Morgan fingerprint density at radius 2 is 0.944 bits per heavy atom. The molecule has 0 bridgehead atoms. The van der Waals surface area contributed by atoms with Gasteiger partial charge in [0.25, 0.3) is 0 Å². The number of hydrogen-bond acceptors (Lipinski definition) is 0. The third-order valence-corrected chi connectivity index (χ3v) is 11.7.